The van der Waals surface area contributed by atoms with Crippen LogP contribution in [0.25, 0.3) is 0 Å². The topological polar surface area (TPSA) is 63.4 Å². The van der Waals surface area contributed by atoms with E-state index in [4.69, 9.17) is 17.3 Å². The van der Waals surface area contributed by atoms with E-state index >= 15 is 0 Å². The Balaban J connectivity index is 1.82. The SMILES string of the molecule is NC1C2C(=O)N(Cc3ccccc3Cl)C(=O)C12. The third-order valence-electron chi connectivity index (χ3n) is 3.46. The summed E-state index contributed by atoms with van der Waals surface area (Å²) < 4.78 is 0. The number of carbonyl (C=O) groups is 2. The maximum atomic E-state index is 11.9. The van der Waals surface area contributed by atoms with Gasteiger partial charge in [-0.1, -0.05) is 29.8 Å². The van der Waals surface area contributed by atoms with Crippen LogP contribution in [0.5, 0.6) is 0 Å². The Hall–Kier alpha value is -1.39. The van der Waals surface area contributed by atoms with Crippen LogP contribution in [0, 0.1) is 11.8 Å². The lowest BCUT2D eigenvalue weighted by atomic mass is 10.2. The first-order valence-corrected chi connectivity index (χ1v) is 5.83. The van der Waals surface area contributed by atoms with Crippen molar-refractivity contribution < 1.29 is 9.59 Å². The van der Waals surface area contributed by atoms with Gasteiger partial charge in [0.2, 0.25) is 11.8 Å². The molecule has 2 fully saturated rings. The van der Waals surface area contributed by atoms with Crippen molar-refractivity contribution >= 4 is 23.4 Å². The molecule has 1 aromatic rings. The van der Waals surface area contributed by atoms with Crippen LogP contribution in [-0.2, 0) is 16.1 Å². The molecule has 2 N–H and O–H groups in total. The molecule has 88 valence electrons. The number of rotatable bonds is 2. The number of imide groups is 1. The number of nitrogens with zero attached hydrogens (tertiary/aromatic N) is 1. The second-order valence-electron chi connectivity index (χ2n) is 4.48. The molecule has 17 heavy (non-hydrogen) atoms. The molecule has 1 saturated carbocycles. The Labute approximate surface area is 103 Å². The van der Waals surface area contributed by atoms with Gasteiger partial charge in [0.1, 0.15) is 0 Å². The lowest BCUT2D eigenvalue weighted by Crippen LogP contribution is -2.36. The summed E-state index contributed by atoms with van der Waals surface area (Å²) in [7, 11) is 0. The molecule has 3 rings (SSSR count). The second kappa shape index (κ2) is 3.55. The smallest absolute Gasteiger partial charge is 0.235 e. The highest BCUT2D eigenvalue weighted by Crippen LogP contribution is 2.46. The lowest BCUT2D eigenvalue weighted by molar-refractivity contribution is -0.142. The largest absolute Gasteiger partial charge is 0.326 e. The van der Waals surface area contributed by atoms with Crippen molar-refractivity contribution in [1.82, 2.24) is 4.90 Å². The molecular formula is C12H11ClN2O2. The van der Waals surface area contributed by atoms with Crippen molar-refractivity contribution in [3.63, 3.8) is 0 Å². The first-order chi connectivity index (χ1) is 8.11. The van der Waals surface area contributed by atoms with Gasteiger partial charge in [-0.3, -0.25) is 14.5 Å². The quantitative estimate of drug-likeness (QED) is 0.789. The maximum Gasteiger partial charge on any atom is 0.235 e. The van der Waals surface area contributed by atoms with Gasteiger partial charge in [0, 0.05) is 11.1 Å². The van der Waals surface area contributed by atoms with Crippen LogP contribution in [0.3, 0.4) is 0 Å². The van der Waals surface area contributed by atoms with Crippen molar-refractivity contribution in [2.24, 2.45) is 17.6 Å². The van der Waals surface area contributed by atoms with E-state index in [9.17, 15) is 9.59 Å². The summed E-state index contributed by atoms with van der Waals surface area (Å²) in [6, 6.07) is 6.93. The summed E-state index contributed by atoms with van der Waals surface area (Å²) in [5, 5.41) is 0.568. The van der Waals surface area contributed by atoms with E-state index < -0.39 is 0 Å². The van der Waals surface area contributed by atoms with E-state index in [-0.39, 0.29) is 36.2 Å². The van der Waals surface area contributed by atoms with E-state index in [0.29, 0.717) is 5.02 Å². The number of nitrogens with two attached hydrogens (primary N) is 1. The first-order valence-electron chi connectivity index (χ1n) is 5.45. The number of hydrogen-bond acceptors (Lipinski definition) is 3. The minimum Gasteiger partial charge on any atom is -0.326 e. The molecule has 5 heteroatoms. The van der Waals surface area contributed by atoms with Gasteiger partial charge >= 0.3 is 0 Å². The van der Waals surface area contributed by atoms with Crippen molar-refractivity contribution in [3.8, 4) is 0 Å². The molecule has 1 saturated heterocycles. The van der Waals surface area contributed by atoms with Gasteiger partial charge in [0.15, 0.2) is 0 Å². The Morgan fingerprint density at radius 3 is 2.35 bits per heavy atom. The Kier molecular flexibility index (Phi) is 2.24. The van der Waals surface area contributed by atoms with Gasteiger partial charge in [-0.2, -0.15) is 0 Å². The number of carbonyl (C=O) groups excluding carboxylic acids is 2. The first kappa shape index (κ1) is 10.7. The van der Waals surface area contributed by atoms with Crippen LogP contribution in [0.1, 0.15) is 5.56 Å². The van der Waals surface area contributed by atoms with Crippen LogP contribution >= 0.6 is 11.6 Å². The van der Waals surface area contributed by atoms with Crippen molar-refractivity contribution in [3.05, 3.63) is 34.9 Å². The molecule has 0 aromatic heterocycles. The monoisotopic (exact) mass is 250 g/mol. The summed E-state index contributed by atoms with van der Waals surface area (Å²) in [5.41, 5.74) is 6.43. The predicted molar refractivity (Wildman–Crippen MR) is 62.0 cm³/mol. The highest BCUT2D eigenvalue weighted by atomic mass is 35.5. The van der Waals surface area contributed by atoms with Gasteiger partial charge in [-0.15, -0.1) is 0 Å². The van der Waals surface area contributed by atoms with Gasteiger partial charge in [0.25, 0.3) is 0 Å². The van der Waals surface area contributed by atoms with Crippen LogP contribution < -0.4 is 5.73 Å². The molecule has 2 unspecified atom stereocenters. The molecule has 0 bridgehead atoms. The van der Waals surface area contributed by atoms with Gasteiger partial charge in [-0.25, -0.2) is 0 Å². The number of hydrogen-bond donors (Lipinski definition) is 1. The minimum absolute atomic E-state index is 0.160. The summed E-state index contributed by atoms with van der Waals surface area (Å²) in [6.45, 7) is 0.247. The Morgan fingerprint density at radius 1 is 1.18 bits per heavy atom. The lowest BCUT2D eigenvalue weighted by Gasteiger charge is -2.18. The van der Waals surface area contributed by atoms with E-state index in [2.05, 4.69) is 0 Å². The van der Waals surface area contributed by atoms with E-state index in [1.54, 1.807) is 6.07 Å². The van der Waals surface area contributed by atoms with Crippen LogP contribution in [0.4, 0.5) is 0 Å². The van der Waals surface area contributed by atoms with Crippen molar-refractivity contribution in [1.29, 1.82) is 0 Å². The van der Waals surface area contributed by atoms with Crippen LogP contribution in [0.15, 0.2) is 24.3 Å². The molecule has 1 aromatic carbocycles. The van der Waals surface area contributed by atoms with E-state index in [1.807, 2.05) is 18.2 Å². The predicted octanol–water partition coefficient (Wildman–Crippen LogP) is 0.782. The molecule has 2 atom stereocenters. The zero-order valence-corrected chi connectivity index (χ0v) is 9.72. The maximum absolute atomic E-state index is 11.9. The fourth-order valence-electron chi connectivity index (χ4n) is 2.39. The zero-order chi connectivity index (χ0) is 12.2. The summed E-state index contributed by atoms with van der Waals surface area (Å²) in [6.07, 6.45) is 0. The fraction of sp³-hybridized carbons (Fsp3) is 0.333. The Bertz CT molecular complexity index is 495. The minimum atomic E-state index is -0.287. The van der Waals surface area contributed by atoms with Crippen LogP contribution in [-0.4, -0.2) is 22.8 Å². The van der Waals surface area contributed by atoms with Gasteiger partial charge in [0.05, 0.1) is 18.4 Å². The number of piperidine rings is 1. The number of likely N-dealkylation sites (tertiary alicyclic amines) is 1. The molecule has 4 nitrogen and oxygen atoms in total. The number of amides is 2. The zero-order valence-electron chi connectivity index (χ0n) is 8.97. The number of fused-ring (bicyclic) bond motifs is 1. The average molecular weight is 251 g/mol. The Morgan fingerprint density at radius 2 is 1.76 bits per heavy atom. The second-order valence-corrected chi connectivity index (χ2v) is 4.89. The molecule has 1 aliphatic heterocycles. The summed E-state index contributed by atoms with van der Waals surface area (Å²) in [4.78, 5) is 25.0. The number of benzene rings is 1. The average Bonchev–Trinajstić information content (AvgIpc) is 2.90. The number of halogens is 1. The fourth-order valence-corrected chi connectivity index (χ4v) is 2.59. The molecule has 2 aliphatic rings. The molecular weight excluding hydrogens is 240 g/mol. The van der Waals surface area contributed by atoms with Crippen molar-refractivity contribution in [2.45, 2.75) is 12.6 Å². The van der Waals surface area contributed by atoms with Gasteiger partial charge < -0.3 is 5.73 Å². The van der Waals surface area contributed by atoms with Crippen LogP contribution in [0.2, 0.25) is 5.02 Å². The summed E-state index contributed by atoms with van der Waals surface area (Å²) >= 11 is 6.00. The molecule has 2 amide bonds. The molecule has 1 aliphatic carbocycles. The van der Waals surface area contributed by atoms with Gasteiger partial charge in [-0.05, 0) is 11.6 Å². The molecule has 0 radical (unpaired) electrons. The van der Waals surface area contributed by atoms with E-state index in [0.717, 1.165) is 5.56 Å². The van der Waals surface area contributed by atoms with Crippen molar-refractivity contribution in [2.75, 3.05) is 0 Å². The third kappa shape index (κ3) is 1.48. The molecule has 1 heterocycles. The summed E-state index contributed by atoms with van der Waals surface area (Å²) in [5.74, 6) is -0.894. The standard InChI is InChI=1S/C12H11ClN2O2/c13-7-4-2-1-3-6(7)5-15-11(16)8-9(10(8)14)12(15)17/h1-4,8-10H,5,14H2. The normalized spacial score (nSPS) is 30.7. The highest BCUT2D eigenvalue weighted by Gasteiger charge is 2.65. The highest BCUT2D eigenvalue weighted by molar-refractivity contribution is 6.31. The van der Waals surface area contributed by atoms with E-state index in [1.165, 1.54) is 4.90 Å². The molecule has 0 spiro atoms. The third-order valence-corrected chi connectivity index (χ3v) is 3.83.